The third kappa shape index (κ3) is 3.89. The minimum Gasteiger partial charge on any atom is -0.394 e. The minimum atomic E-state index is -1.29. The summed E-state index contributed by atoms with van der Waals surface area (Å²) in [6, 6.07) is 18.2. The molecule has 1 aliphatic rings. The highest BCUT2D eigenvalue weighted by Crippen LogP contribution is 2.35. The molecule has 10 nitrogen and oxygen atoms in total. The third-order valence-electron chi connectivity index (χ3n) is 5.79. The van der Waals surface area contributed by atoms with E-state index in [0.717, 1.165) is 16.7 Å². The Bertz CT molecular complexity index is 1250. The molecule has 0 aliphatic carbocycles. The van der Waals surface area contributed by atoms with Gasteiger partial charge in [0, 0.05) is 6.54 Å². The van der Waals surface area contributed by atoms with Crippen molar-refractivity contribution >= 4 is 22.9 Å². The number of nitrogen functional groups attached to an aromatic ring is 1. The molecule has 0 spiro atoms. The van der Waals surface area contributed by atoms with Crippen molar-refractivity contribution in [2.24, 2.45) is 0 Å². The van der Waals surface area contributed by atoms with Crippen LogP contribution in [-0.4, -0.2) is 59.8 Å². The quantitative estimate of drug-likeness (QED) is 0.294. The third-order valence-corrected chi connectivity index (χ3v) is 5.79. The predicted molar refractivity (Wildman–Crippen MR) is 122 cm³/mol. The van der Waals surface area contributed by atoms with Crippen molar-refractivity contribution < 1.29 is 20.1 Å². The lowest BCUT2D eigenvalue weighted by molar-refractivity contribution is -0.0501. The number of nitrogens with zero attached hydrogens (tertiary/aromatic N) is 4. The van der Waals surface area contributed by atoms with E-state index in [1.807, 2.05) is 42.5 Å². The number of imidazole rings is 1. The van der Waals surface area contributed by atoms with Gasteiger partial charge in [0.2, 0.25) is 5.95 Å². The first kappa shape index (κ1) is 21.3. The molecule has 170 valence electrons. The van der Waals surface area contributed by atoms with E-state index < -0.39 is 31.1 Å². The van der Waals surface area contributed by atoms with Gasteiger partial charge < -0.3 is 31.1 Å². The molecular formula is C23H24N6O4. The maximum absolute atomic E-state index is 10.6. The summed E-state index contributed by atoms with van der Waals surface area (Å²) in [6.07, 6.45) is -3.20. The summed E-state index contributed by atoms with van der Waals surface area (Å²) in [5.74, 6) is 0.528. The summed E-state index contributed by atoms with van der Waals surface area (Å²) in [5.41, 5.74) is 9.93. The van der Waals surface area contributed by atoms with Crippen LogP contribution in [0.4, 0.5) is 11.8 Å². The second-order valence-electron chi connectivity index (χ2n) is 7.88. The topological polar surface area (TPSA) is 152 Å². The maximum atomic E-state index is 10.6. The van der Waals surface area contributed by atoms with E-state index in [4.69, 9.17) is 10.5 Å². The summed E-state index contributed by atoms with van der Waals surface area (Å²) in [5, 5.41) is 33.5. The van der Waals surface area contributed by atoms with Crippen LogP contribution in [0.3, 0.4) is 0 Å². The van der Waals surface area contributed by atoms with E-state index in [9.17, 15) is 15.3 Å². The van der Waals surface area contributed by atoms with Gasteiger partial charge in [-0.25, -0.2) is 15.0 Å². The molecule has 0 amide bonds. The van der Waals surface area contributed by atoms with Gasteiger partial charge >= 0.3 is 0 Å². The minimum absolute atomic E-state index is 0.181. The maximum Gasteiger partial charge on any atom is 0.207 e. The van der Waals surface area contributed by atoms with Gasteiger partial charge in [-0.2, -0.15) is 0 Å². The Hall–Kier alpha value is -3.57. The molecule has 2 aromatic heterocycles. The first-order valence-electron chi connectivity index (χ1n) is 10.6. The molecule has 1 saturated heterocycles. The molecule has 2 aromatic carbocycles. The van der Waals surface area contributed by atoms with Crippen molar-refractivity contribution in [1.29, 1.82) is 0 Å². The fourth-order valence-corrected chi connectivity index (χ4v) is 4.01. The first-order valence-corrected chi connectivity index (χ1v) is 10.6. The Morgan fingerprint density at radius 1 is 0.970 bits per heavy atom. The number of anilines is 2. The van der Waals surface area contributed by atoms with Crippen LogP contribution in [0.1, 0.15) is 11.8 Å². The van der Waals surface area contributed by atoms with Gasteiger partial charge in [-0.1, -0.05) is 54.6 Å². The van der Waals surface area contributed by atoms with Gasteiger partial charge in [0.15, 0.2) is 23.2 Å². The Kier molecular flexibility index (Phi) is 5.65. The Labute approximate surface area is 189 Å². The van der Waals surface area contributed by atoms with Crippen molar-refractivity contribution in [3.8, 4) is 11.1 Å². The molecule has 0 unspecified atom stereocenters. The first-order chi connectivity index (χ1) is 16.1. The molecule has 0 bridgehead atoms. The predicted octanol–water partition coefficient (Wildman–Crippen LogP) is 1.30. The number of hydrogen-bond donors (Lipinski definition) is 5. The molecule has 4 aromatic rings. The van der Waals surface area contributed by atoms with Gasteiger partial charge in [0.1, 0.15) is 24.6 Å². The van der Waals surface area contributed by atoms with E-state index in [1.54, 1.807) is 0 Å². The number of rotatable bonds is 6. The largest absolute Gasteiger partial charge is 0.394 e. The second-order valence-corrected chi connectivity index (χ2v) is 7.88. The van der Waals surface area contributed by atoms with E-state index >= 15 is 0 Å². The van der Waals surface area contributed by atoms with Crippen LogP contribution >= 0.6 is 0 Å². The number of hydrogen-bond acceptors (Lipinski definition) is 9. The van der Waals surface area contributed by atoms with Gasteiger partial charge in [-0.3, -0.25) is 4.57 Å². The molecule has 33 heavy (non-hydrogen) atoms. The summed E-state index contributed by atoms with van der Waals surface area (Å²) in [7, 11) is 0. The molecule has 10 heteroatoms. The van der Waals surface area contributed by atoms with Gasteiger partial charge in [-0.15, -0.1) is 0 Å². The van der Waals surface area contributed by atoms with Crippen LogP contribution in [0.5, 0.6) is 0 Å². The monoisotopic (exact) mass is 448 g/mol. The zero-order valence-corrected chi connectivity index (χ0v) is 17.6. The van der Waals surface area contributed by atoms with Crippen LogP contribution in [0, 0.1) is 0 Å². The molecular weight excluding hydrogens is 424 g/mol. The van der Waals surface area contributed by atoms with Crippen LogP contribution in [-0.2, 0) is 11.3 Å². The number of ether oxygens (including phenoxy) is 1. The molecule has 3 heterocycles. The highest BCUT2D eigenvalue weighted by Gasteiger charge is 2.45. The van der Waals surface area contributed by atoms with Crippen LogP contribution < -0.4 is 11.1 Å². The molecule has 0 saturated carbocycles. The highest BCUT2D eigenvalue weighted by atomic mass is 16.6. The number of nitrogens with one attached hydrogen (secondary N) is 1. The smallest absolute Gasteiger partial charge is 0.207 e. The van der Waals surface area contributed by atoms with Crippen molar-refractivity contribution in [1.82, 2.24) is 19.5 Å². The number of aliphatic hydroxyl groups excluding tert-OH is 3. The van der Waals surface area contributed by atoms with Gasteiger partial charge in [0.25, 0.3) is 0 Å². The number of fused-ring (bicyclic) bond motifs is 1. The van der Waals surface area contributed by atoms with Crippen molar-refractivity contribution in [2.75, 3.05) is 17.7 Å². The van der Waals surface area contributed by atoms with Crippen molar-refractivity contribution in [2.45, 2.75) is 31.1 Å². The van der Waals surface area contributed by atoms with Gasteiger partial charge in [-0.05, 0) is 16.7 Å². The Morgan fingerprint density at radius 3 is 2.39 bits per heavy atom. The lowest BCUT2D eigenvalue weighted by Gasteiger charge is -2.19. The second kappa shape index (κ2) is 8.75. The van der Waals surface area contributed by atoms with Crippen molar-refractivity contribution in [3.05, 3.63) is 66.5 Å². The molecule has 5 rings (SSSR count). The Balaban J connectivity index is 1.44. The average molecular weight is 448 g/mol. The summed E-state index contributed by atoms with van der Waals surface area (Å²) in [4.78, 5) is 12.7. The summed E-state index contributed by atoms with van der Waals surface area (Å²) in [6.45, 7) is -0.00444. The fourth-order valence-electron chi connectivity index (χ4n) is 4.01. The standard InChI is InChI=1S/C23H24N6O4/c24-20-17-21(27-12-26-20)29(22-19(32)18(31)16(11-30)33-22)23(28-17)25-10-13-6-8-15(9-7-13)14-4-2-1-3-5-14/h1-9,12,16,18-19,22,30-32H,10-11H2,(H,25,28)(H2,24,26,27)/t16-,18-,19-,22-/m1/s1. The molecule has 1 fully saturated rings. The Morgan fingerprint density at radius 2 is 1.70 bits per heavy atom. The lowest BCUT2D eigenvalue weighted by Crippen LogP contribution is -2.33. The lowest BCUT2D eigenvalue weighted by atomic mass is 10.0. The number of nitrogens with two attached hydrogens (primary N) is 1. The number of aliphatic hydroxyl groups is 3. The van der Waals surface area contributed by atoms with Crippen LogP contribution in [0.15, 0.2) is 60.9 Å². The van der Waals surface area contributed by atoms with E-state index in [-0.39, 0.29) is 5.82 Å². The van der Waals surface area contributed by atoms with E-state index in [2.05, 4.69) is 32.4 Å². The summed E-state index contributed by atoms with van der Waals surface area (Å²) < 4.78 is 7.25. The number of benzene rings is 2. The normalized spacial score (nSPS) is 22.6. The van der Waals surface area contributed by atoms with Crippen LogP contribution in [0.25, 0.3) is 22.3 Å². The van der Waals surface area contributed by atoms with Crippen molar-refractivity contribution in [3.63, 3.8) is 0 Å². The number of aromatic nitrogens is 4. The molecule has 1 aliphatic heterocycles. The molecule has 0 radical (unpaired) electrons. The molecule has 4 atom stereocenters. The SMILES string of the molecule is Nc1ncnc2c1nc(NCc1ccc(-c3ccccc3)cc1)n2[C@@H]1O[C@H](CO)[C@@H](O)[C@H]1O. The zero-order chi connectivity index (χ0) is 22.9. The van der Waals surface area contributed by atoms with Gasteiger partial charge in [0.05, 0.1) is 6.61 Å². The molecule has 6 N–H and O–H groups in total. The van der Waals surface area contributed by atoms with E-state index in [1.165, 1.54) is 10.9 Å². The van der Waals surface area contributed by atoms with Crippen LogP contribution in [0.2, 0.25) is 0 Å². The average Bonchev–Trinajstić information content (AvgIpc) is 3.36. The fraction of sp³-hybridized carbons (Fsp3) is 0.261. The van der Waals surface area contributed by atoms with E-state index in [0.29, 0.717) is 23.7 Å². The highest BCUT2D eigenvalue weighted by molar-refractivity contribution is 5.84. The summed E-state index contributed by atoms with van der Waals surface area (Å²) >= 11 is 0. The zero-order valence-electron chi connectivity index (χ0n) is 17.6.